The Labute approximate surface area is 144 Å². The molecule has 3 rings (SSSR count). The number of carbonyl (C=O) groups excluding carboxylic acids is 1. The van der Waals surface area contributed by atoms with Gasteiger partial charge in [0.1, 0.15) is 5.75 Å². The molecule has 0 saturated carbocycles. The van der Waals surface area contributed by atoms with Crippen LogP contribution in [0.3, 0.4) is 0 Å². The summed E-state index contributed by atoms with van der Waals surface area (Å²) in [5, 5.41) is 13.8. The minimum atomic E-state index is -0.644. The van der Waals surface area contributed by atoms with E-state index in [1.165, 1.54) is 11.3 Å². The highest BCUT2D eigenvalue weighted by Gasteiger charge is 2.18. The van der Waals surface area contributed by atoms with Gasteiger partial charge >= 0.3 is 0 Å². The van der Waals surface area contributed by atoms with Crippen LogP contribution in [0.2, 0.25) is 0 Å². The normalized spacial score (nSPS) is 12.2. The van der Waals surface area contributed by atoms with Gasteiger partial charge in [0.2, 0.25) is 0 Å². The summed E-state index contributed by atoms with van der Waals surface area (Å²) in [5.41, 5.74) is 2.26. The van der Waals surface area contributed by atoms with E-state index in [1.54, 1.807) is 20.1 Å². The highest BCUT2D eigenvalue weighted by Crippen LogP contribution is 2.34. The molecule has 0 bridgehead atoms. The van der Waals surface area contributed by atoms with Gasteiger partial charge in [-0.2, -0.15) is 0 Å². The molecule has 4 nitrogen and oxygen atoms in total. The van der Waals surface area contributed by atoms with Gasteiger partial charge in [0, 0.05) is 16.0 Å². The van der Waals surface area contributed by atoms with Crippen molar-refractivity contribution in [1.82, 2.24) is 0 Å². The van der Waals surface area contributed by atoms with Gasteiger partial charge in [-0.25, -0.2) is 0 Å². The number of rotatable bonds is 4. The number of para-hydroxylation sites is 1. The number of aliphatic hydroxyl groups is 1. The number of anilines is 1. The number of benzene rings is 2. The van der Waals surface area contributed by atoms with Crippen molar-refractivity contribution in [3.8, 4) is 5.75 Å². The molecule has 1 heterocycles. The smallest absolute Gasteiger partial charge is 0.266 e. The predicted octanol–water partition coefficient (Wildman–Crippen LogP) is 4.52. The molecule has 5 heteroatoms. The fourth-order valence-corrected chi connectivity index (χ4v) is 3.78. The van der Waals surface area contributed by atoms with Gasteiger partial charge in [-0.05, 0) is 49.1 Å². The Balaban J connectivity index is 1.96. The summed E-state index contributed by atoms with van der Waals surface area (Å²) >= 11 is 1.45. The third-order valence-corrected chi connectivity index (χ3v) is 5.28. The monoisotopic (exact) mass is 341 g/mol. The molecule has 1 unspecified atom stereocenters. The van der Waals surface area contributed by atoms with Gasteiger partial charge in [0.25, 0.3) is 5.91 Å². The number of ether oxygens (including phenoxy) is 1. The van der Waals surface area contributed by atoms with Crippen LogP contribution in [0.5, 0.6) is 5.75 Å². The first-order valence-electron chi connectivity index (χ1n) is 7.66. The minimum absolute atomic E-state index is 0.166. The molecule has 0 spiro atoms. The lowest BCUT2D eigenvalue weighted by Crippen LogP contribution is -2.13. The van der Waals surface area contributed by atoms with Crippen molar-refractivity contribution in [2.45, 2.75) is 20.0 Å². The number of carbonyl (C=O) groups is 1. The topological polar surface area (TPSA) is 58.6 Å². The average Bonchev–Trinajstić information content (AvgIpc) is 2.91. The van der Waals surface area contributed by atoms with Crippen LogP contribution in [-0.2, 0) is 0 Å². The lowest BCUT2D eigenvalue weighted by molar-refractivity contribution is 0.103. The largest absolute Gasteiger partial charge is 0.497 e. The quantitative estimate of drug-likeness (QED) is 0.733. The highest BCUT2D eigenvalue weighted by atomic mass is 32.1. The van der Waals surface area contributed by atoms with E-state index in [9.17, 15) is 9.90 Å². The van der Waals surface area contributed by atoms with Gasteiger partial charge in [0.05, 0.1) is 18.1 Å². The van der Waals surface area contributed by atoms with Crippen molar-refractivity contribution in [3.05, 3.63) is 58.5 Å². The van der Waals surface area contributed by atoms with Crippen LogP contribution < -0.4 is 10.1 Å². The summed E-state index contributed by atoms with van der Waals surface area (Å²) in [4.78, 5) is 13.4. The van der Waals surface area contributed by atoms with E-state index >= 15 is 0 Å². The van der Waals surface area contributed by atoms with E-state index in [0.717, 1.165) is 21.4 Å². The van der Waals surface area contributed by atoms with Crippen molar-refractivity contribution < 1.29 is 14.6 Å². The molecule has 24 heavy (non-hydrogen) atoms. The Hall–Kier alpha value is -2.37. The van der Waals surface area contributed by atoms with E-state index in [2.05, 4.69) is 5.32 Å². The predicted molar refractivity (Wildman–Crippen MR) is 98.1 cm³/mol. The molecule has 0 fully saturated rings. The lowest BCUT2D eigenvalue weighted by atomic mass is 10.1. The zero-order valence-corrected chi connectivity index (χ0v) is 14.6. The Morgan fingerprint density at radius 3 is 2.71 bits per heavy atom. The summed E-state index contributed by atoms with van der Waals surface area (Å²) < 4.78 is 6.30. The Kier molecular flexibility index (Phi) is 4.55. The maximum absolute atomic E-state index is 12.7. The van der Waals surface area contributed by atoms with E-state index < -0.39 is 6.10 Å². The van der Waals surface area contributed by atoms with Crippen molar-refractivity contribution >= 4 is 33.0 Å². The third kappa shape index (κ3) is 3.00. The van der Waals surface area contributed by atoms with Crippen LogP contribution >= 0.6 is 11.3 Å². The van der Waals surface area contributed by atoms with E-state index in [-0.39, 0.29) is 5.91 Å². The first-order valence-corrected chi connectivity index (χ1v) is 8.48. The van der Waals surface area contributed by atoms with Gasteiger partial charge < -0.3 is 15.2 Å². The maximum atomic E-state index is 12.7. The zero-order valence-electron chi connectivity index (χ0n) is 13.8. The summed E-state index contributed by atoms with van der Waals surface area (Å²) in [6, 6.07) is 13.1. The first-order chi connectivity index (χ1) is 11.5. The number of aryl methyl sites for hydroxylation is 1. The van der Waals surface area contributed by atoms with Crippen molar-refractivity contribution in [1.29, 1.82) is 0 Å². The molecule has 124 valence electrons. The van der Waals surface area contributed by atoms with Gasteiger partial charge in [-0.3, -0.25) is 4.79 Å². The number of aliphatic hydroxyl groups excluding tert-OH is 1. The number of nitrogens with one attached hydrogen (secondary N) is 1. The molecule has 0 radical (unpaired) electrons. The number of amides is 1. The first kappa shape index (κ1) is 16.5. The second kappa shape index (κ2) is 6.63. The van der Waals surface area contributed by atoms with Crippen LogP contribution in [0.25, 0.3) is 10.1 Å². The molecule has 3 aromatic rings. The van der Waals surface area contributed by atoms with Crippen molar-refractivity contribution in [3.63, 3.8) is 0 Å². The standard InChI is InChI=1S/C19H19NO3S/c1-11-15-10-13(23-3)8-9-17(15)24-18(11)19(22)20-16-7-5-4-6-14(16)12(2)21/h4-10,12,21H,1-3H3,(H,20,22). The molecular weight excluding hydrogens is 322 g/mol. The molecule has 2 aromatic carbocycles. The number of hydrogen-bond donors (Lipinski definition) is 2. The minimum Gasteiger partial charge on any atom is -0.497 e. The fraction of sp³-hybridized carbons (Fsp3) is 0.211. The van der Waals surface area contributed by atoms with Crippen molar-refractivity contribution in [2.24, 2.45) is 0 Å². The molecular formula is C19H19NO3S. The lowest BCUT2D eigenvalue weighted by Gasteiger charge is -2.12. The molecule has 1 aromatic heterocycles. The second-order valence-electron chi connectivity index (χ2n) is 5.64. The zero-order chi connectivity index (χ0) is 17.3. The summed E-state index contributed by atoms with van der Waals surface area (Å²) in [7, 11) is 1.63. The second-order valence-corrected chi connectivity index (χ2v) is 6.69. The van der Waals surface area contributed by atoms with E-state index in [1.807, 2.05) is 43.3 Å². The molecule has 0 aliphatic rings. The molecule has 1 atom stereocenters. The SMILES string of the molecule is COc1ccc2sc(C(=O)Nc3ccccc3C(C)O)c(C)c2c1. The number of thiophene rings is 1. The van der Waals surface area contributed by atoms with Crippen LogP contribution in [-0.4, -0.2) is 18.1 Å². The van der Waals surface area contributed by atoms with Crippen LogP contribution in [0.15, 0.2) is 42.5 Å². The number of methoxy groups -OCH3 is 1. The van der Waals surface area contributed by atoms with Gasteiger partial charge in [-0.1, -0.05) is 18.2 Å². The maximum Gasteiger partial charge on any atom is 0.266 e. The molecule has 0 aliphatic carbocycles. The summed E-state index contributed by atoms with van der Waals surface area (Å²) in [5.74, 6) is 0.607. The molecule has 0 aliphatic heterocycles. The highest BCUT2D eigenvalue weighted by molar-refractivity contribution is 7.21. The van der Waals surface area contributed by atoms with Gasteiger partial charge in [-0.15, -0.1) is 11.3 Å². The average molecular weight is 341 g/mol. The van der Waals surface area contributed by atoms with Crippen LogP contribution in [0.4, 0.5) is 5.69 Å². The summed E-state index contributed by atoms with van der Waals surface area (Å²) in [6.07, 6.45) is -0.644. The van der Waals surface area contributed by atoms with Gasteiger partial charge in [0.15, 0.2) is 0 Å². The molecule has 2 N–H and O–H groups in total. The Morgan fingerprint density at radius 2 is 2.00 bits per heavy atom. The molecule has 1 amide bonds. The third-order valence-electron chi connectivity index (χ3n) is 4.01. The summed E-state index contributed by atoms with van der Waals surface area (Å²) in [6.45, 7) is 3.62. The Bertz CT molecular complexity index is 899. The van der Waals surface area contributed by atoms with E-state index in [0.29, 0.717) is 16.1 Å². The van der Waals surface area contributed by atoms with E-state index in [4.69, 9.17) is 4.74 Å². The fourth-order valence-electron chi connectivity index (χ4n) is 2.70. The van der Waals surface area contributed by atoms with Crippen molar-refractivity contribution in [2.75, 3.05) is 12.4 Å². The number of fused-ring (bicyclic) bond motifs is 1. The van der Waals surface area contributed by atoms with Crippen LogP contribution in [0.1, 0.15) is 33.8 Å². The number of hydrogen-bond acceptors (Lipinski definition) is 4. The molecule has 0 saturated heterocycles. The Morgan fingerprint density at radius 1 is 1.25 bits per heavy atom. The van der Waals surface area contributed by atoms with Crippen LogP contribution in [0, 0.1) is 6.92 Å².